The minimum Gasteiger partial charge on any atom is -0.493 e. The summed E-state index contributed by atoms with van der Waals surface area (Å²) in [5.74, 6) is 2.24. The Kier molecular flexibility index (Phi) is 5.48. The van der Waals surface area contributed by atoms with E-state index in [0.717, 1.165) is 16.6 Å². The Labute approximate surface area is 175 Å². The number of hydrogen-bond donors (Lipinski definition) is 0. The van der Waals surface area contributed by atoms with Crippen molar-refractivity contribution in [1.82, 2.24) is 15.0 Å². The molecule has 152 valence electrons. The van der Waals surface area contributed by atoms with Gasteiger partial charge in [-0.1, -0.05) is 38.1 Å². The number of rotatable bonds is 6. The highest BCUT2D eigenvalue weighted by Crippen LogP contribution is 2.37. The zero-order chi connectivity index (χ0) is 21.1. The van der Waals surface area contributed by atoms with Crippen molar-refractivity contribution in [2.75, 3.05) is 14.2 Å². The molecule has 0 atom stereocenters. The van der Waals surface area contributed by atoms with Gasteiger partial charge in [0.25, 0.3) is 0 Å². The molecule has 4 rings (SSSR count). The number of fused-ring (bicyclic) bond motifs is 1. The Bertz CT molecular complexity index is 1160. The van der Waals surface area contributed by atoms with E-state index in [1.807, 2.05) is 18.2 Å². The molecule has 0 aliphatic rings. The first-order valence-electron chi connectivity index (χ1n) is 9.71. The van der Waals surface area contributed by atoms with Crippen molar-refractivity contribution in [3.05, 3.63) is 66.5 Å². The van der Waals surface area contributed by atoms with Gasteiger partial charge in [0.05, 0.1) is 31.6 Å². The molecule has 6 heteroatoms. The van der Waals surface area contributed by atoms with E-state index in [2.05, 4.69) is 48.1 Å². The number of aromatic nitrogens is 3. The molecule has 2 aromatic carbocycles. The van der Waals surface area contributed by atoms with Crippen molar-refractivity contribution < 1.29 is 14.2 Å². The smallest absolute Gasteiger partial charge is 0.323 e. The number of methoxy groups -OCH3 is 2. The standard InChI is InChI=1S/C24H23N3O3/c1-15(2)16-7-9-17(10-8-16)23-19-12-21(28-3)22(29-4)13-20(19)26-24(27-23)30-18-6-5-11-25-14-18/h5-15H,1-4H3. The van der Waals surface area contributed by atoms with Crippen molar-refractivity contribution in [2.24, 2.45) is 0 Å². The van der Waals surface area contributed by atoms with Crippen LogP contribution in [0.15, 0.2) is 60.9 Å². The van der Waals surface area contributed by atoms with Crippen molar-refractivity contribution >= 4 is 10.9 Å². The number of ether oxygens (including phenoxy) is 3. The Morgan fingerprint density at radius 1 is 0.867 bits per heavy atom. The Morgan fingerprint density at radius 2 is 1.60 bits per heavy atom. The SMILES string of the molecule is COc1cc2nc(Oc3cccnc3)nc(-c3ccc(C(C)C)cc3)c2cc1OC. The highest BCUT2D eigenvalue weighted by molar-refractivity contribution is 5.94. The molecule has 6 nitrogen and oxygen atoms in total. The number of nitrogens with zero attached hydrogens (tertiary/aromatic N) is 3. The van der Waals surface area contributed by atoms with Crippen molar-refractivity contribution in [3.63, 3.8) is 0 Å². The second-order valence-corrected chi connectivity index (χ2v) is 7.15. The fraction of sp³-hybridized carbons (Fsp3) is 0.208. The predicted molar refractivity (Wildman–Crippen MR) is 116 cm³/mol. The monoisotopic (exact) mass is 401 g/mol. The summed E-state index contributed by atoms with van der Waals surface area (Å²) in [5, 5.41) is 0.850. The highest BCUT2D eigenvalue weighted by atomic mass is 16.5. The highest BCUT2D eigenvalue weighted by Gasteiger charge is 2.16. The normalized spacial score (nSPS) is 11.0. The first-order chi connectivity index (χ1) is 14.6. The summed E-state index contributed by atoms with van der Waals surface area (Å²) in [6, 6.07) is 16.0. The fourth-order valence-corrected chi connectivity index (χ4v) is 3.24. The Balaban J connectivity index is 1.90. The topological polar surface area (TPSA) is 66.4 Å². The lowest BCUT2D eigenvalue weighted by atomic mass is 9.99. The molecule has 0 aliphatic heterocycles. The van der Waals surface area contributed by atoms with E-state index >= 15 is 0 Å². The maximum atomic E-state index is 5.88. The largest absolute Gasteiger partial charge is 0.493 e. The Morgan fingerprint density at radius 3 is 2.23 bits per heavy atom. The molecule has 0 N–H and O–H groups in total. The third-order valence-corrected chi connectivity index (χ3v) is 4.87. The molecule has 0 saturated heterocycles. The summed E-state index contributed by atoms with van der Waals surface area (Å²) in [4.78, 5) is 13.4. The quantitative estimate of drug-likeness (QED) is 0.417. The fourth-order valence-electron chi connectivity index (χ4n) is 3.24. The van der Waals surface area contributed by atoms with E-state index < -0.39 is 0 Å². The summed E-state index contributed by atoms with van der Waals surface area (Å²) in [7, 11) is 3.21. The summed E-state index contributed by atoms with van der Waals surface area (Å²) < 4.78 is 16.8. The first-order valence-corrected chi connectivity index (χ1v) is 9.71. The predicted octanol–water partition coefficient (Wildman–Crippen LogP) is 5.62. The summed E-state index contributed by atoms with van der Waals surface area (Å²) in [6.45, 7) is 4.35. The van der Waals surface area contributed by atoms with E-state index in [-0.39, 0.29) is 6.01 Å². The van der Waals surface area contributed by atoms with Gasteiger partial charge >= 0.3 is 6.01 Å². The molecular weight excluding hydrogens is 378 g/mol. The third kappa shape index (κ3) is 3.89. The molecule has 0 unspecified atom stereocenters. The van der Waals surface area contributed by atoms with Gasteiger partial charge in [-0.2, -0.15) is 9.97 Å². The van der Waals surface area contributed by atoms with Gasteiger partial charge in [-0.25, -0.2) is 0 Å². The lowest BCUT2D eigenvalue weighted by Gasteiger charge is -2.13. The van der Waals surface area contributed by atoms with Gasteiger partial charge < -0.3 is 14.2 Å². The van der Waals surface area contributed by atoms with Gasteiger partial charge in [0.15, 0.2) is 11.5 Å². The van der Waals surface area contributed by atoms with Gasteiger partial charge in [-0.3, -0.25) is 4.98 Å². The van der Waals surface area contributed by atoms with E-state index in [0.29, 0.717) is 28.7 Å². The Hall–Kier alpha value is -3.67. The molecule has 30 heavy (non-hydrogen) atoms. The molecule has 0 radical (unpaired) electrons. The average Bonchev–Trinajstić information content (AvgIpc) is 2.78. The van der Waals surface area contributed by atoms with Crippen LogP contribution in [0.5, 0.6) is 23.3 Å². The van der Waals surface area contributed by atoms with E-state index in [4.69, 9.17) is 19.2 Å². The van der Waals surface area contributed by atoms with Crippen LogP contribution < -0.4 is 14.2 Å². The second kappa shape index (κ2) is 8.37. The molecular formula is C24H23N3O3. The molecule has 0 amide bonds. The van der Waals surface area contributed by atoms with Crippen molar-refractivity contribution in [1.29, 1.82) is 0 Å². The van der Waals surface area contributed by atoms with E-state index in [9.17, 15) is 0 Å². The van der Waals surface area contributed by atoms with Gasteiger partial charge in [-0.05, 0) is 29.7 Å². The van der Waals surface area contributed by atoms with E-state index in [1.54, 1.807) is 32.7 Å². The van der Waals surface area contributed by atoms with Crippen LogP contribution in [0.4, 0.5) is 0 Å². The first kappa shape index (κ1) is 19.6. The zero-order valence-electron chi connectivity index (χ0n) is 17.4. The van der Waals surface area contributed by atoms with Gasteiger partial charge in [0.1, 0.15) is 5.75 Å². The molecule has 0 saturated carbocycles. The molecule has 2 aromatic heterocycles. The van der Waals surface area contributed by atoms with Gasteiger partial charge in [0.2, 0.25) is 0 Å². The second-order valence-electron chi connectivity index (χ2n) is 7.15. The molecule has 0 fully saturated rings. The van der Waals surface area contributed by atoms with Crippen LogP contribution in [0.2, 0.25) is 0 Å². The van der Waals surface area contributed by atoms with Crippen LogP contribution in [0, 0.1) is 0 Å². The lowest BCUT2D eigenvalue weighted by Crippen LogP contribution is -1.98. The van der Waals surface area contributed by atoms with Crippen LogP contribution in [-0.4, -0.2) is 29.2 Å². The molecule has 0 spiro atoms. The summed E-state index contributed by atoms with van der Waals surface area (Å²) in [6.07, 6.45) is 3.31. The van der Waals surface area contributed by atoms with Gasteiger partial charge in [0, 0.05) is 23.2 Å². The summed E-state index contributed by atoms with van der Waals surface area (Å²) in [5.41, 5.74) is 3.69. The number of benzene rings is 2. The van der Waals surface area contributed by atoms with Crippen LogP contribution in [0.25, 0.3) is 22.2 Å². The summed E-state index contributed by atoms with van der Waals surface area (Å²) >= 11 is 0. The molecule has 0 aliphatic carbocycles. The molecule has 0 bridgehead atoms. The number of hydrogen-bond acceptors (Lipinski definition) is 6. The van der Waals surface area contributed by atoms with Crippen LogP contribution in [0.1, 0.15) is 25.3 Å². The lowest BCUT2D eigenvalue weighted by molar-refractivity contribution is 0.355. The van der Waals surface area contributed by atoms with Crippen LogP contribution >= 0.6 is 0 Å². The van der Waals surface area contributed by atoms with Crippen molar-refractivity contribution in [3.8, 4) is 34.5 Å². The van der Waals surface area contributed by atoms with E-state index in [1.165, 1.54) is 5.56 Å². The number of pyridine rings is 1. The third-order valence-electron chi connectivity index (χ3n) is 4.87. The average molecular weight is 401 g/mol. The zero-order valence-corrected chi connectivity index (χ0v) is 17.4. The maximum Gasteiger partial charge on any atom is 0.323 e. The maximum absolute atomic E-state index is 5.88. The van der Waals surface area contributed by atoms with Crippen LogP contribution in [-0.2, 0) is 0 Å². The molecule has 4 aromatic rings. The minimum absolute atomic E-state index is 0.241. The van der Waals surface area contributed by atoms with Crippen molar-refractivity contribution in [2.45, 2.75) is 19.8 Å². The minimum atomic E-state index is 0.241. The van der Waals surface area contributed by atoms with Crippen LogP contribution in [0.3, 0.4) is 0 Å². The van der Waals surface area contributed by atoms with Gasteiger partial charge in [-0.15, -0.1) is 0 Å². The molecule has 2 heterocycles.